The largest absolute Gasteiger partial charge is 0.360 e. The highest BCUT2D eigenvalue weighted by atomic mass is 32.2. The fourth-order valence-electron chi connectivity index (χ4n) is 1.92. The first-order chi connectivity index (χ1) is 10.8. The minimum absolute atomic E-state index is 0.901. The molecule has 0 radical (unpaired) electrons. The molecule has 3 rings (SSSR count). The van der Waals surface area contributed by atoms with Gasteiger partial charge in [-0.15, -0.1) is 21.5 Å². The Morgan fingerprint density at radius 1 is 1.14 bits per heavy atom. The smallest absolute Gasteiger partial charge is 0.206 e. The Bertz CT molecular complexity index is 690. The van der Waals surface area contributed by atoms with Gasteiger partial charge in [-0.05, 0) is 30.4 Å². The molecular formula is C16H17N3S3. The highest BCUT2D eigenvalue weighted by molar-refractivity contribution is 8.00. The zero-order chi connectivity index (χ0) is 15.2. The first-order valence-corrected chi connectivity index (χ1v) is 9.76. The lowest BCUT2D eigenvalue weighted by molar-refractivity contribution is 0.980. The second-order valence-electron chi connectivity index (χ2n) is 4.90. The maximum absolute atomic E-state index is 4.24. The number of thiophene rings is 1. The molecule has 0 atom stereocenters. The van der Waals surface area contributed by atoms with E-state index in [9.17, 15) is 0 Å². The molecule has 0 amide bonds. The number of hydrogen-bond acceptors (Lipinski definition) is 6. The van der Waals surface area contributed by atoms with Gasteiger partial charge in [0.2, 0.25) is 5.13 Å². The molecule has 3 aromatic rings. The minimum atomic E-state index is 0.901. The van der Waals surface area contributed by atoms with Gasteiger partial charge in [0, 0.05) is 17.2 Å². The molecule has 6 heteroatoms. The molecule has 3 nitrogen and oxygen atoms in total. The summed E-state index contributed by atoms with van der Waals surface area (Å²) in [5, 5.41) is 14.8. The van der Waals surface area contributed by atoms with Crippen molar-refractivity contribution < 1.29 is 0 Å². The van der Waals surface area contributed by atoms with Crippen molar-refractivity contribution in [1.29, 1.82) is 0 Å². The monoisotopic (exact) mass is 347 g/mol. The van der Waals surface area contributed by atoms with Gasteiger partial charge in [-0.1, -0.05) is 59.0 Å². The van der Waals surface area contributed by atoms with Gasteiger partial charge >= 0.3 is 0 Å². The van der Waals surface area contributed by atoms with Crippen LogP contribution in [0.1, 0.15) is 16.0 Å². The molecule has 0 aliphatic heterocycles. The van der Waals surface area contributed by atoms with Crippen molar-refractivity contribution >= 4 is 39.6 Å². The average Bonchev–Trinajstić information content (AvgIpc) is 3.19. The molecule has 0 spiro atoms. The molecule has 0 aliphatic rings. The summed E-state index contributed by atoms with van der Waals surface area (Å²) < 4.78 is 1.01. The summed E-state index contributed by atoms with van der Waals surface area (Å²) in [4.78, 5) is 1.39. The lowest BCUT2D eigenvalue weighted by atomic mass is 10.2. The number of aromatic nitrogens is 2. The summed E-state index contributed by atoms with van der Waals surface area (Å²) >= 11 is 5.16. The van der Waals surface area contributed by atoms with Crippen molar-refractivity contribution in [2.45, 2.75) is 23.4 Å². The van der Waals surface area contributed by atoms with Crippen molar-refractivity contribution in [2.75, 3.05) is 11.9 Å². The van der Waals surface area contributed by atoms with Crippen molar-refractivity contribution in [2.24, 2.45) is 0 Å². The first-order valence-electron chi connectivity index (χ1n) is 7.08. The quantitative estimate of drug-likeness (QED) is 0.620. The van der Waals surface area contributed by atoms with Crippen LogP contribution in [0.4, 0.5) is 5.13 Å². The topological polar surface area (TPSA) is 37.8 Å². The molecule has 1 N–H and O–H groups in total. The van der Waals surface area contributed by atoms with E-state index in [1.807, 2.05) is 0 Å². The molecule has 22 heavy (non-hydrogen) atoms. The lowest BCUT2D eigenvalue weighted by Gasteiger charge is -2.00. The van der Waals surface area contributed by atoms with Gasteiger partial charge in [0.25, 0.3) is 0 Å². The van der Waals surface area contributed by atoms with Crippen LogP contribution in [0.25, 0.3) is 0 Å². The number of thioether (sulfide) groups is 1. The summed E-state index contributed by atoms with van der Waals surface area (Å²) in [5.74, 6) is 0.935. The van der Waals surface area contributed by atoms with Gasteiger partial charge in [-0.3, -0.25) is 0 Å². The third kappa shape index (κ3) is 4.56. The molecule has 0 aliphatic carbocycles. The van der Waals surface area contributed by atoms with E-state index in [-0.39, 0.29) is 0 Å². The van der Waals surface area contributed by atoms with Gasteiger partial charge in [0.05, 0.1) is 0 Å². The van der Waals surface area contributed by atoms with Crippen LogP contribution >= 0.6 is 34.4 Å². The lowest BCUT2D eigenvalue weighted by Crippen LogP contribution is -2.03. The summed E-state index contributed by atoms with van der Waals surface area (Å²) in [7, 11) is 0. The van der Waals surface area contributed by atoms with Crippen molar-refractivity contribution in [3.63, 3.8) is 0 Å². The Balaban J connectivity index is 1.45. The van der Waals surface area contributed by atoms with E-state index in [1.54, 1.807) is 34.4 Å². The van der Waals surface area contributed by atoms with Crippen LogP contribution in [0, 0.1) is 6.92 Å². The molecule has 0 unspecified atom stereocenters. The zero-order valence-corrected chi connectivity index (χ0v) is 14.7. The maximum Gasteiger partial charge on any atom is 0.206 e. The Morgan fingerprint density at radius 3 is 2.77 bits per heavy atom. The molecule has 0 saturated carbocycles. The first kappa shape index (κ1) is 15.5. The highest BCUT2D eigenvalue weighted by Crippen LogP contribution is 2.28. The number of rotatable bonds is 7. The van der Waals surface area contributed by atoms with E-state index in [4.69, 9.17) is 0 Å². The normalized spacial score (nSPS) is 10.8. The van der Waals surface area contributed by atoms with Gasteiger partial charge in [0.15, 0.2) is 4.34 Å². The zero-order valence-electron chi connectivity index (χ0n) is 12.3. The Labute approximate surface area is 142 Å². The maximum atomic E-state index is 4.24. The van der Waals surface area contributed by atoms with Crippen molar-refractivity contribution in [3.05, 3.63) is 57.8 Å². The van der Waals surface area contributed by atoms with E-state index in [0.29, 0.717) is 0 Å². The highest BCUT2D eigenvalue weighted by Gasteiger charge is 2.05. The number of nitrogens with zero attached hydrogens (tertiary/aromatic N) is 2. The van der Waals surface area contributed by atoms with Crippen LogP contribution in [0.3, 0.4) is 0 Å². The third-order valence-electron chi connectivity index (χ3n) is 3.12. The summed E-state index contributed by atoms with van der Waals surface area (Å²) in [5.41, 5.74) is 2.61. The van der Waals surface area contributed by atoms with E-state index in [0.717, 1.165) is 28.2 Å². The second-order valence-corrected chi connectivity index (χ2v) is 8.14. The van der Waals surface area contributed by atoms with Crippen molar-refractivity contribution in [1.82, 2.24) is 10.2 Å². The van der Waals surface area contributed by atoms with Gasteiger partial charge in [-0.25, -0.2) is 0 Å². The Morgan fingerprint density at radius 2 is 2.00 bits per heavy atom. The number of nitrogens with one attached hydrogen (secondary N) is 1. The van der Waals surface area contributed by atoms with Gasteiger partial charge < -0.3 is 5.32 Å². The summed E-state index contributed by atoms with van der Waals surface area (Å²) in [6.07, 6.45) is 1.03. The average molecular weight is 348 g/mol. The van der Waals surface area contributed by atoms with Crippen LogP contribution < -0.4 is 5.32 Å². The number of anilines is 1. The summed E-state index contributed by atoms with van der Waals surface area (Å²) in [6.45, 7) is 3.01. The van der Waals surface area contributed by atoms with E-state index < -0.39 is 0 Å². The predicted molar refractivity (Wildman–Crippen MR) is 97.2 cm³/mol. The fraction of sp³-hybridized carbons (Fsp3) is 0.250. The van der Waals surface area contributed by atoms with E-state index >= 15 is 0 Å². The van der Waals surface area contributed by atoms with Crippen LogP contribution in [0.5, 0.6) is 0 Å². The van der Waals surface area contributed by atoms with Crippen LogP contribution in [0.15, 0.2) is 46.1 Å². The Hall–Kier alpha value is -1.37. The SMILES string of the molecule is Cc1ccc(CSc2nnc(NCCc3cccs3)s2)cc1. The minimum Gasteiger partial charge on any atom is -0.360 e. The number of aryl methyl sites for hydroxylation is 1. The second kappa shape index (κ2) is 7.76. The van der Waals surface area contributed by atoms with E-state index in [1.165, 1.54) is 16.0 Å². The summed E-state index contributed by atoms with van der Waals surface area (Å²) in [6, 6.07) is 12.9. The molecule has 1 aromatic carbocycles. The van der Waals surface area contributed by atoms with Crippen LogP contribution in [-0.4, -0.2) is 16.7 Å². The van der Waals surface area contributed by atoms with E-state index in [2.05, 4.69) is 64.2 Å². The van der Waals surface area contributed by atoms with Crippen molar-refractivity contribution in [3.8, 4) is 0 Å². The van der Waals surface area contributed by atoms with Crippen LogP contribution in [0.2, 0.25) is 0 Å². The van der Waals surface area contributed by atoms with Gasteiger partial charge in [0.1, 0.15) is 0 Å². The number of hydrogen-bond donors (Lipinski definition) is 1. The molecular weight excluding hydrogens is 330 g/mol. The molecule has 2 aromatic heterocycles. The molecule has 0 saturated heterocycles. The molecule has 114 valence electrons. The van der Waals surface area contributed by atoms with Crippen LogP contribution in [-0.2, 0) is 12.2 Å². The predicted octanol–water partition coefficient (Wildman–Crippen LogP) is 4.85. The number of benzene rings is 1. The molecule has 0 bridgehead atoms. The third-order valence-corrected chi connectivity index (χ3v) is 6.14. The molecule has 2 heterocycles. The van der Waals surface area contributed by atoms with Gasteiger partial charge in [-0.2, -0.15) is 0 Å². The standard InChI is InChI=1S/C16H17N3S3/c1-12-4-6-13(7-5-12)11-21-16-19-18-15(22-16)17-9-8-14-3-2-10-20-14/h2-7,10H,8-9,11H2,1H3,(H,17,18). The molecule has 0 fully saturated rings. The fourth-order valence-corrected chi connectivity index (χ4v) is 4.36. The Kier molecular flexibility index (Phi) is 5.48.